The Morgan fingerprint density at radius 1 is 1.16 bits per heavy atom. The van der Waals surface area contributed by atoms with Gasteiger partial charge in [0.25, 0.3) is 5.91 Å². The van der Waals surface area contributed by atoms with Crippen LogP contribution in [0.3, 0.4) is 0 Å². The number of hydrogen-bond acceptors (Lipinski definition) is 4. The Labute approximate surface area is 154 Å². The molecule has 25 heavy (non-hydrogen) atoms. The minimum absolute atomic E-state index is 0.419. The van der Waals surface area contributed by atoms with Crippen LogP contribution in [0.1, 0.15) is 12.5 Å². The molecule has 1 atom stereocenters. The lowest BCUT2D eigenvalue weighted by Gasteiger charge is -2.12. The maximum Gasteiger partial charge on any atom is 0.331 e. The predicted molar refractivity (Wildman–Crippen MR) is 100 cm³/mol. The molecule has 1 amide bonds. The molecule has 2 rings (SSSR count). The summed E-state index contributed by atoms with van der Waals surface area (Å²) in [6.45, 7) is 1.51. The van der Waals surface area contributed by atoms with Gasteiger partial charge in [-0.05, 0) is 42.8 Å². The van der Waals surface area contributed by atoms with Crippen molar-refractivity contribution >= 4 is 39.6 Å². The van der Waals surface area contributed by atoms with Crippen molar-refractivity contribution in [3.63, 3.8) is 0 Å². The van der Waals surface area contributed by atoms with E-state index in [4.69, 9.17) is 9.47 Å². The van der Waals surface area contributed by atoms with Crippen LogP contribution >= 0.6 is 15.9 Å². The van der Waals surface area contributed by atoms with Gasteiger partial charge in [-0.25, -0.2) is 4.79 Å². The molecule has 6 heteroatoms. The summed E-state index contributed by atoms with van der Waals surface area (Å²) in [7, 11) is 1.54. The van der Waals surface area contributed by atoms with Crippen molar-refractivity contribution in [3.8, 4) is 5.75 Å². The Morgan fingerprint density at radius 3 is 2.64 bits per heavy atom. The third-order valence-corrected chi connectivity index (χ3v) is 3.75. The number of benzene rings is 2. The van der Waals surface area contributed by atoms with Crippen LogP contribution in [0.5, 0.6) is 5.75 Å². The summed E-state index contributed by atoms with van der Waals surface area (Å²) in [5.74, 6) is -0.384. The van der Waals surface area contributed by atoms with Crippen LogP contribution in [0.15, 0.2) is 59.1 Å². The summed E-state index contributed by atoms with van der Waals surface area (Å²) in [5.41, 5.74) is 1.41. The monoisotopic (exact) mass is 403 g/mol. The maximum absolute atomic E-state index is 12.1. The first-order chi connectivity index (χ1) is 12.0. The van der Waals surface area contributed by atoms with Crippen LogP contribution in [0, 0.1) is 0 Å². The van der Waals surface area contributed by atoms with Gasteiger partial charge in [-0.2, -0.15) is 0 Å². The van der Waals surface area contributed by atoms with E-state index in [0.717, 1.165) is 10.0 Å². The molecule has 2 aromatic rings. The van der Waals surface area contributed by atoms with Crippen LogP contribution in [0.25, 0.3) is 6.08 Å². The molecule has 5 nitrogen and oxygen atoms in total. The quantitative estimate of drug-likeness (QED) is 0.583. The van der Waals surface area contributed by atoms with Gasteiger partial charge in [0.15, 0.2) is 6.10 Å². The first kappa shape index (κ1) is 18.7. The Bertz CT molecular complexity index is 788. The molecular weight excluding hydrogens is 386 g/mol. The second-order valence-corrected chi connectivity index (χ2v) is 6.10. The summed E-state index contributed by atoms with van der Waals surface area (Å²) in [4.78, 5) is 24.0. The van der Waals surface area contributed by atoms with Crippen LogP contribution in [-0.4, -0.2) is 25.1 Å². The van der Waals surface area contributed by atoms with Crippen molar-refractivity contribution in [3.05, 3.63) is 64.6 Å². The summed E-state index contributed by atoms with van der Waals surface area (Å²) < 4.78 is 11.1. The van der Waals surface area contributed by atoms with Crippen LogP contribution in [0.4, 0.5) is 5.69 Å². The van der Waals surface area contributed by atoms with Crippen molar-refractivity contribution in [1.29, 1.82) is 0 Å². The van der Waals surface area contributed by atoms with Gasteiger partial charge >= 0.3 is 5.97 Å². The smallest absolute Gasteiger partial charge is 0.331 e. The van der Waals surface area contributed by atoms with Gasteiger partial charge in [0.2, 0.25) is 0 Å². The molecule has 0 fully saturated rings. The van der Waals surface area contributed by atoms with Crippen molar-refractivity contribution in [2.24, 2.45) is 0 Å². The largest absolute Gasteiger partial charge is 0.497 e. The summed E-state index contributed by atoms with van der Waals surface area (Å²) in [6, 6.07) is 14.4. The third kappa shape index (κ3) is 6.08. The fourth-order valence-electron chi connectivity index (χ4n) is 1.99. The first-order valence-corrected chi connectivity index (χ1v) is 8.36. The van der Waals surface area contributed by atoms with E-state index in [0.29, 0.717) is 11.4 Å². The number of rotatable bonds is 6. The summed E-state index contributed by atoms with van der Waals surface area (Å²) in [6.07, 6.45) is 1.99. The number of anilines is 1. The normalized spacial score (nSPS) is 11.8. The van der Waals surface area contributed by atoms with Gasteiger partial charge in [0, 0.05) is 22.3 Å². The van der Waals surface area contributed by atoms with Gasteiger partial charge < -0.3 is 14.8 Å². The molecule has 2 aromatic carbocycles. The predicted octanol–water partition coefficient (Wildman–Crippen LogP) is 4.04. The molecule has 0 aliphatic carbocycles. The second kappa shape index (κ2) is 9.03. The van der Waals surface area contributed by atoms with Gasteiger partial charge in [0.05, 0.1) is 7.11 Å². The zero-order valence-corrected chi connectivity index (χ0v) is 15.4. The minimum atomic E-state index is -0.925. The zero-order chi connectivity index (χ0) is 18.2. The topological polar surface area (TPSA) is 64.6 Å². The Hall–Kier alpha value is -2.60. The SMILES string of the molecule is COc1cccc(NC(=O)[C@@H](C)OC(=O)/C=C/c2cccc(Br)c2)c1. The standard InChI is InChI=1S/C19H18BrNO4/c1-13(19(23)21-16-7-4-8-17(12-16)24-2)25-18(22)10-9-14-5-3-6-15(20)11-14/h3-13H,1-2H3,(H,21,23)/b10-9+/t13-/m1/s1. The number of hydrogen-bond donors (Lipinski definition) is 1. The number of halogens is 1. The molecule has 0 spiro atoms. The number of nitrogens with one attached hydrogen (secondary N) is 1. The molecule has 0 unspecified atom stereocenters. The molecule has 0 bridgehead atoms. The summed E-state index contributed by atoms with van der Waals surface area (Å²) >= 11 is 3.36. The highest BCUT2D eigenvalue weighted by Gasteiger charge is 2.16. The summed E-state index contributed by atoms with van der Waals surface area (Å²) in [5, 5.41) is 2.68. The number of methoxy groups -OCH3 is 1. The number of ether oxygens (including phenoxy) is 2. The van der Waals surface area contributed by atoms with Gasteiger partial charge in [0.1, 0.15) is 5.75 Å². The number of esters is 1. The number of carbonyl (C=O) groups excluding carboxylic acids is 2. The first-order valence-electron chi connectivity index (χ1n) is 7.57. The fourth-order valence-corrected chi connectivity index (χ4v) is 2.40. The molecule has 0 aliphatic heterocycles. The van der Waals surface area contributed by atoms with E-state index in [9.17, 15) is 9.59 Å². The van der Waals surface area contributed by atoms with E-state index in [2.05, 4.69) is 21.2 Å². The third-order valence-electron chi connectivity index (χ3n) is 3.26. The van der Waals surface area contributed by atoms with Gasteiger partial charge in [-0.3, -0.25) is 4.79 Å². The molecule has 0 aliphatic rings. The van der Waals surface area contributed by atoms with Crippen LogP contribution in [0.2, 0.25) is 0 Å². The zero-order valence-electron chi connectivity index (χ0n) is 13.9. The van der Waals surface area contributed by atoms with E-state index in [1.165, 1.54) is 13.0 Å². The number of amides is 1. The second-order valence-electron chi connectivity index (χ2n) is 5.19. The number of carbonyl (C=O) groups is 2. The fraction of sp³-hybridized carbons (Fsp3) is 0.158. The highest BCUT2D eigenvalue weighted by Crippen LogP contribution is 2.17. The lowest BCUT2D eigenvalue weighted by atomic mass is 10.2. The van der Waals surface area contributed by atoms with Gasteiger partial charge in [-0.1, -0.05) is 34.1 Å². The molecule has 0 aromatic heterocycles. The van der Waals surface area contributed by atoms with E-state index in [1.54, 1.807) is 37.5 Å². The van der Waals surface area contributed by atoms with Crippen molar-refractivity contribution in [1.82, 2.24) is 0 Å². The van der Waals surface area contributed by atoms with E-state index >= 15 is 0 Å². The van der Waals surface area contributed by atoms with E-state index in [1.807, 2.05) is 24.3 Å². The molecule has 0 saturated carbocycles. The Morgan fingerprint density at radius 2 is 1.92 bits per heavy atom. The van der Waals surface area contributed by atoms with Crippen molar-refractivity contribution in [2.45, 2.75) is 13.0 Å². The molecule has 0 saturated heterocycles. The minimum Gasteiger partial charge on any atom is -0.497 e. The lowest BCUT2D eigenvalue weighted by Crippen LogP contribution is -2.29. The highest BCUT2D eigenvalue weighted by atomic mass is 79.9. The van der Waals surface area contributed by atoms with E-state index < -0.39 is 18.0 Å². The Kier molecular flexibility index (Phi) is 6.77. The van der Waals surface area contributed by atoms with Gasteiger partial charge in [-0.15, -0.1) is 0 Å². The molecule has 0 radical (unpaired) electrons. The van der Waals surface area contributed by atoms with Crippen molar-refractivity contribution in [2.75, 3.05) is 12.4 Å². The maximum atomic E-state index is 12.1. The molecular formula is C19H18BrNO4. The highest BCUT2D eigenvalue weighted by molar-refractivity contribution is 9.10. The molecule has 130 valence electrons. The van der Waals surface area contributed by atoms with E-state index in [-0.39, 0.29) is 0 Å². The van der Waals surface area contributed by atoms with Crippen LogP contribution in [-0.2, 0) is 14.3 Å². The molecule has 0 heterocycles. The van der Waals surface area contributed by atoms with Crippen LogP contribution < -0.4 is 10.1 Å². The average molecular weight is 404 g/mol. The Balaban J connectivity index is 1.90. The van der Waals surface area contributed by atoms with Crippen molar-refractivity contribution < 1.29 is 19.1 Å². The average Bonchev–Trinajstić information content (AvgIpc) is 2.60. The lowest BCUT2D eigenvalue weighted by molar-refractivity contribution is -0.148. The molecule has 1 N–H and O–H groups in total.